The number of amides is 2. The predicted molar refractivity (Wildman–Crippen MR) is 99.2 cm³/mol. The lowest BCUT2D eigenvalue weighted by Crippen LogP contribution is -2.34. The number of nitrogens with one attached hydrogen (secondary N) is 1. The summed E-state index contributed by atoms with van der Waals surface area (Å²) >= 11 is 1.34. The van der Waals surface area contributed by atoms with Gasteiger partial charge in [0.15, 0.2) is 0 Å². The Morgan fingerprint density at radius 2 is 1.85 bits per heavy atom. The van der Waals surface area contributed by atoms with E-state index in [1.54, 1.807) is 6.07 Å². The average molecular weight is 385 g/mol. The number of nitro benzene ring substituents is 1. The van der Waals surface area contributed by atoms with Gasteiger partial charge < -0.3 is 10.4 Å². The van der Waals surface area contributed by atoms with Gasteiger partial charge in [-0.3, -0.25) is 24.6 Å². The van der Waals surface area contributed by atoms with Gasteiger partial charge >= 0.3 is 0 Å². The summed E-state index contributed by atoms with van der Waals surface area (Å²) in [7, 11) is 0. The Bertz CT molecular complexity index is 930. The number of carbonyl (C=O) groups excluding carboxylic acids is 2. The first-order chi connectivity index (χ1) is 13.0. The fraction of sp³-hybridized carbons (Fsp3) is 0.111. The number of anilines is 1. The zero-order valence-corrected chi connectivity index (χ0v) is 14.8. The molecule has 3 rings (SSSR count). The Balaban J connectivity index is 1.87. The van der Waals surface area contributed by atoms with Crippen LogP contribution in [-0.4, -0.2) is 39.9 Å². The van der Waals surface area contributed by atoms with Crippen LogP contribution in [0.25, 0.3) is 0 Å². The van der Waals surface area contributed by atoms with Crippen molar-refractivity contribution in [2.45, 2.75) is 9.79 Å². The average Bonchev–Trinajstić information content (AvgIpc) is 2.90. The van der Waals surface area contributed by atoms with Crippen LogP contribution in [0.5, 0.6) is 0 Å². The highest BCUT2D eigenvalue weighted by Crippen LogP contribution is 2.33. The van der Waals surface area contributed by atoms with Gasteiger partial charge in [0, 0.05) is 33.7 Å². The third-order valence-corrected chi connectivity index (χ3v) is 4.67. The summed E-state index contributed by atoms with van der Waals surface area (Å²) in [5.74, 6) is -1.13. The Morgan fingerprint density at radius 3 is 2.52 bits per heavy atom. The highest BCUT2D eigenvalue weighted by Gasteiger charge is 2.30. The summed E-state index contributed by atoms with van der Waals surface area (Å²) in [4.78, 5) is 37.2. The van der Waals surface area contributed by atoms with Gasteiger partial charge in [-0.2, -0.15) is 0 Å². The largest absolute Gasteiger partial charge is 0.395 e. The lowest BCUT2D eigenvalue weighted by atomic mass is 10.2. The van der Waals surface area contributed by atoms with E-state index in [9.17, 15) is 19.7 Å². The summed E-state index contributed by atoms with van der Waals surface area (Å²) < 4.78 is 0. The van der Waals surface area contributed by atoms with E-state index in [0.717, 1.165) is 15.9 Å². The molecule has 1 aliphatic rings. The topological polar surface area (TPSA) is 113 Å². The Hall–Kier alpha value is -3.17. The summed E-state index contributed by atoms with van der Waals surface area (Å²) in [6.07, 6.45) is 1.11. The molecule has 0 aromatic heterocycles. The molecule has 2 N–H and O–H groups in total. The second kappa shape index (κ2) is 8.02. The van der Waals surface area contributed by atoms with Gasteiger partial charge in [-0.15, -0.1) is 0 Å². The van der Waals surface area contributed by atoms with Crippen LogP contribution in [0.3, 0.4) is 0 Å². The lowest BCUT2D eigenvalue weighted by Gasteiger charge is -2.13. The third kappa shape index (κ3) is 4.33. The molecule has 1 heterocycles. The molecule has 9 heteroatoms. The summed E-state index contributed by atoms with van der Waals surface area (Å²) in [5, 5.41) is 23.0. The number of non-ortho nitro benzene ring substituents is 1. The van der Waals surface area contributed by atoms with Crippen molar-refractivity contribution in [3.8, 4) is 0 Å². The second-order valence-corrected chi connectivity index (χ2v) is 6.74. The van der Waals surface area contributed by atoms with Crippen LogP contribution in [0.1, 0.15) is 0 Å². The van der Waals surface area contributed by atoms with Crippen molar-refractivity contribution < 1.29 is 19.6 Å². The third-order valence-electron chi connectivity index (χ3n) is 3.69. The van der Waals surface area contributed by atoms with E-state index in [1.807, 2.05) is 30.3 Å². The van der Waals surface area contributed by atoms with E-state index >= 15 is 0 Å². The molecule has 0 aliphatic carbocycles. The van der Waals surface area contributed by atoms with E-state index in [0.29, 0.717) is 10.6 Å². The van der Waals surface area contributed by atoms with Crippen LogP contribution in [0.4, 0.5) is 11.4 Å². The summed E-state index contributed by atoms with van der Waals surface area (Å²) in [5.41, 5.74) is 0.188. The molecule has 27 heavy (non-hydrogen) atoms. The van der Waals surface area contributed by atoms with Gasteiger partial charge in [0.05, 0.1) is 18.1 Å². The molecule has 2 aromatic rings. The molecule has 138 valence electrons. The fourth-order valence-electron chi connectivity index (χ4n) is 2.51. The Morgan fingerprint density at radius 1 is 1.11 bits per heavy atom. The van der Waals surface area contributed by atoms with E-state index in [4.69, 9.17) is 5.11 Å². The molecule has 2 amide bonds. The SMILES string of the molecule is O=C1C=C(Nc2cc(Sc3ccccc3)cc([N+](=O)[O-])c2)C(=O)N1CCO. The van der Waals surface area contributed by atoms with E-state index in [2.05, 4.69) is 5.32 Å². The van der Waals surface area contributed by atoms with Crippen molar-refractivity contribution >= 4 is 35.0 Å². The molecular weight excluding hydrogens is 370 g/mol. The van der Waals surface area contributed by atoms with Crippen molar-refractivity contribution in [2.75, 3.05) is 18.5 Å². The van der Waals surface area contributed by atoms with Crippen LogP contribution in [0.2, 0.25) is 0 Å². The number of nitro groups is 1. The van der Waals surface area contributed by atoms with Gasteiger partial charge in [0.2, 0.25) is 0 Å². The first-order valence-electron chi connectivity index (χ1n) is 7.96. The highest BCUT2D eigenvalue weighted by molar-refractivity contribution is 7.99. The number of benzene rings is 2. The molecule has 0 fully saturated rings. The second-order valence-electron chi connectivity index (χ2n) is 5.59. The minimum absolute atomic E-state index is 0.00427. The minimum atomic E-state index is -0.585. The molecule has 2 aromatic carbocycles. The van der Waals surface area contributed by atoms with Crippen LogP contribution in [-0.2, 0) is 9.59 Å². The zero-order chi connectivity index (χ0) is 19.4. The Labute approximate surface area is 158 Å². The minimum Gasteiger partial charge on any atom is -0.395 e. The van der Waals surface area contributed by atoms with Gasteiger partial charge in [-0.1, -0.05) is 30.0 Å². The number of imide groups is 1. The molecule has 1 aliphatic heterocycles. The molecule has 0 spiro atoms. The normalized spacial score (nSPS) is 13.7. The van der Waals surface area contributed by atoms with E-state index in [-0.39, 0.29) is 24.5 Å². The molecule has 8 nitrogen and oxygen atoms in total. The van der Waals surface area contributed by atoms with Crippen LogP contribution < -0.4 is 5.32 Å². The number of aliphatic hydroxyl groups excluding tert-OH is 1. The monoisotopic (exact) mass is 385 g/mol. The number of carbonyl (C=O) groups is 2. The number of rotatable bonds is 7. The van der Waals surface area contributed by atoms with E-state index in [1.165, 1.54) is 23.9 Å². The number of aliphatic hydroxyl groups is 1. The lowest BCUT2D eigenvalue weighted by molar-refractivity contribution is -0.385. The van der Waals surface area contributed by atoms with Gasteiger partial charge in [0.1, 0.15) is 5.70 Å². The van der Waals surface area contributed by atoms with Crippen molar-refractivity contribution in [1.29, 1.82) is 0 Å². The number of hydrogen-bond donors (Lipinski definition) is 2. The number of hydrogen-bond acceptors (Lipinski definition) is 7. The quantitative estimate of drug-likeness (QED) is 0.427. The van der Waals surface area contributed by atoms with Crippen molar-refractivity contribution in [1.82, 2.24) is 4.90 Å². The van der Waals surface area contributed by atoms with Crippen LogP contribution >= 0.6 is 11.8 Å². The van der Waals surface area contributed by atoms with Gasteiger partial charge in [0.25, 0.3) is 17.5 Å². The first-order valence-corrected chi connectivity index (χ1v) is 8.77. The van der Waals surface area contributed by atoms with Crippen molar-refractivity contribution in [3.63, 3.8) is 0 Å². The standard InChI is InChI=1S/C18H15N3O5S/c22-7-6-20-17(23)11-16(18(20)24)19-12-8-13(21(25)26)10-15(9-12)27-14-4-2-1-3-5-14/h1-5,8-11,19,22H,6-7H2. The fourth-order valence-corrected chi connectivity index (χ4v) is 3.44. The summed E-state index contributed by atoms with van der Waals surface area (Å²) in [6, 6.07) is 13.8. The van der Waals surface area contributed by atoms with Crippen LogP contribution in [0, 0.1) is 10.1 Å². The molecule has 0 unspecified atom stereocenters. The highest BCUT2D eigenvalue weighted by atomic mass is 32.2. The number of nitrogens with zero attached hydrogens (tertiary/aromatic N) is 2. The van der Waals surface area contributed by atoms with Gasteiger partial charge in [-0.25, -0.2) is 0 Å². The van der Waals surface area contributed by atoms with Gasteiger partial charge in [-0.05, 0) is 18.2 Å². The number of β-amino-alcohol motifs (C(OH)–C–C–N with tert-alkyl or cyclic N) is 1. The maximum atomic E-state index is 12.2. The van der Waals surface area contributed by atoms with E-state index < -0.39 is 16.7 Å². The maximum absolute atomic E-state index is 12.2. The molecule has 0 bridgehead atoms. The van der Waals surface area contributed by atoms with Crippen molar-refractivity contribution in [3.05, 3.63) is 70.4 Å². The molecule has 0 radical (unpaired) electrons. The smallest absolute Gasteiger partial charge is 0.277 e. The van der Waals surface area contributed by atoms with Crippen molar-refractivity contribution in [2.24, 2.45) is 0 Å². The molecule has 0 saturated heterocycles. The molecular formula is C18H15N3O5S. The zero-order valence-electron chi connectivity index (χ0n) is 14.0. The molecule has 0 saturated carbocycles. The maximum Gasteiger partial charge on any atom is 0.277 e. The van der Waals surface area contributed by atoms with Crippen LogP contribution in [0.15, 0.2) is 70.1 Å². The molecule has 0 atom stereocenters. The predicted octanol–water partition coefficient (Wildman–Crippen LogP) is 2.40. The first kappa shape index (κ1) is 18.6. The Kier molecular flexibility index (Phi) is 5.53. The summed E-state index contributed by atoms with van der Waals surface area (Å²) in [6.45, 7) is -0.448.